The quantitative estimate of drug-likeness (QED) is 0.134. The van der Waals surface area contributed by atoms with Gasteiger partial charge in [0.15, 0.2) is 0 Å². The Labute approximate surface area is 358 Å². The Kier molecular flexibility index (Phi) is 11.6. The van der Waals surface area contributed by atoms with Crippen LogP contribution in [0, 0.1) is 0 Å². The van der Waals surface area contributed by atoms with Crippen molar-refractivity contribution in [2.45, 2.75) is 25.0 Å². The fourth-order valence-corrected chi connectivity index (χ4v) is 7.24. The Hall–Kier alpha value is -8.38. The first kappa shape index (κ1) is 40.4. The standard InChI is InChI=1S/2C16H13N5O.C11H11N5O.ClH/c22-21-15-7-6-13(10-14(15)18-19-21)16(20-9-8-17-11-20)12-4-2-1-3-5-12;22-21-15-10-13(6-7-14(15)18-19-21)16(20-9-8-17-11-20)12-4-2-1-3-5-12;1-8(15-5-4-12-7-15)9-2-3-10-11(6-9)16(17)14-13-10;/h2*1-11,16,22H;2-8,17H,1H3;1H. The Morgan fingerprint density at radius 2 is 0.839 bits per heavy atom. The van der Waals surface area contributed by atoms with Gasteiger partial charge in [-0.15, -0.1) is 27.7 Å². The predicted molar refractivity (Wildman–Crippen MR) is 229 cm³/mol. The van der Waals surface area contributed by atoms with Gasteiger partial charge in [0, 0.05) is 37.2 Å². The summed E-state index contributed by atoms with van der Waals surface area (Å²) in [6, 6.07) is 37.6. The molecule has 5 aromatic carbocycles. The maximum absolute atomic E-state index is 9.74. The number of fused-ring (bicyclic) bond motifs is 3. The molecule has 310 valence electrons. The second-order valence-corrected chi connectivity index (χ2v) is 14.0. The fourth-order valence-electron chi connectivity index (χ4n) is 7.24. The van der Waals surface area contributed by atoms with Gasteiger partial charge in [-0.2, -0.15) is 0 Å². The van der Waals surface area contributed by atoms with Crippen molar-refractivity contribution in [1.82, 2.24) is 74.1 Å². The molecule has 0 amide bonds. The molecule has 11 aromatic rings. The third-order valence-electron chi connectivity index (χ3n) is 10.3. The van der Waals surface area contributed by atoms with Crippen molar-refractivity contribution in [2.75, 3.05) is 0 Å². The molecule has 0 radical (unpaired) electrons. The Bertz CT molecular complexity index is 3120. The fraction of sp³-hybridized carbons (Fsp3) is 0.0930. The SMILES string of the molecule is CC(c1ccc2nnn(O)c2c1)n1ccnc1.Cl.On1nnc2cc(C(c3ccccc3)n3ccnc3)ccc21.On1nnc2ccc(C(c3ccccc3)n3ccnc3)cc21. The summed E-state index contributed by atoms with van der Waals surface area (Å²) in [7, 11) is 0. The third-order valence-corrected chi connectivity index (χ3v) is 10.3. The topological polar surface area (TPSA) is 206 Å². The summed E-state index contributed by atoms with van der Waals surface area (Å²) in [5.41, 5.74) is 9.18. The Balaban J connectivity index is 0.000000128. The van der Waals surface area contributed by atoms with E-state index in [1.807, 2.05) is 123 Å². The lowest BCUT2D eigenvalue weighted by molar-refractivity contribution is 0.154. The van der Waals surface area contributed by atoms with Crippen LogP contribution < -0.4 is 0 Å². The number of halogens is 1. The van der Waals surface area contributed by atoms with Crippen LogP contribution in [0.3, 0.4) is 0 Å². The zero-order valence-electron chi connectivity index (χ0n) is 32.9. The lowest BCUT2D eigenvalue weighted by atomic mass is 9.98. The summed E-state index contributed by atoms with van der Waals surface area (Å²) in [6.07, 6.45) is 16.4. The molecule has 11 rings (SSSR count). The first-order valence-electron chi connectivity index (χ1n) is 19.1. The van der Waals surface area contributed by atoms with Crippen LogP contribution in [-0.4, -0.2) is 89.7 Å². The van der Waals surface area contributed by atoms with Crippen molar-refractivity contribution in [3.05, 3.63) is 199 Å². The second-order valence-electron chi connectivity index (χ2n) is 14.0. The molecule has 6 aromatic heterocycles. The average Bonchev–Trinajstić information content (AvgIpc) is 4.18. The lowest BCUT2D eigenvalue weighted by Crippen LogP contribution is -2.10. The van der Waals surface area contributed by atoms with E-state index in [4.69, 9.17) is 0 Å². The summed E-state index contributed by atoms with van der Waals surface area (Å²) < 4.78 is 6.06. The molecule has 62 heavy (non-hydrogen) atoms. The molecule has 0 aliphatic carbocycles. The van der Waals surface area contributed by atoms with Gasteiger partial charge in [0.2, 0.25) is 0 Å². The first-order chi connectivity index (χ1) is 29.9. The van der Waals surface area contributed by atoms with Gasteiger partial charge in [-0.1, -0.05) is 93.4 Å². The summed E-state index contributed by atoms with van der Waals surface area (Å²) in [5, 5.41) is 51.3. The van der Waals surface area contributed by atoms with E-state index in [9.17, 15) is 15.6 Å². The number of aromatic nitrogens is 15. The maximum atomic E-state index is 9.74. The van der Waals surface area contributed by atoms with E-state index in [0.29, 0.717) is 33.1 Å². The minimum atomic E-state index is -0.0250. The highest BCUT2D eigenvalue weighted by atomic mass is 35.5. The van der Waals surface area contributed by atoms with Crippen LogP contribution in [0.1, 0.15) is 52.9 Å². The maximum Gasteiger partial charge on any atom is 0.131 e. The van der Waals surface area contributed by atoms with Gasteiger partial charge in [0.1, 0.15) is 33.1 Å². The molecule has 3 N–H and O–H groups in total. The molecule has 0 fully saturated rings. The van der Waals surface area contributed by atoms with Crippen molar-refractivity contribution in [1.29, 1.82) is 0 Å². The molecule has 0 spiro atoms. The van der Waals surface area contributed by atoms with E-state index in [2.05, 4.69) is 77.1 Å². The van der Waals surface area contributed by atoms with E-state index in [-0.39, 0.29) is 30.5 Å². The van der Waals surface area contributed by atoms with Gasteiger partial charge in [0.05, 0.1) is 37.1 Å². The average molecular weight is 848 g/mol. The van der Waals surface area contributed by atoms with Gasteiger partial charge >= 0.3 is 0 Å². The molecule has 3 unspecified atom stereocenters. The monoisotopic (exact) mass is 847 g/mol. The summed E-state index contributed by atoms with van der Waals surface area (Å²) in [6.45, 7) is 2.06. The first-order valence-corrected chi connectivity index (χ1v) is 19.1. The van der Waals surface area contributed by atoms with Crippen molar-refractivity contribution in [3.8, 4) is 0 Å². The number of imidazole rings is 3. The molecular weight excluding hydrogens is 810 g/mol. The molecule has 0 aliphatic heterocycles. The number of hydrogen-bond acceptors (Lipinski definition) is 12. The van der Waals surface area contributed by atoms with Gasteiger partial charge in [-0.25, -0.2) is 15.0 Å². The highest BCUT2D eigenvalue weighted by Gasteiger charge is 2.19. The molecular formula is C43H38ClN15O3. The Morgan fingerprint density at radius 1 is 0.419 bits per heavy atom. The highest BCUT2D eigenvalue weighted by Crippen LogP contribution is 2.30. The Morgan fingerprint density at radius 3 is 1.34 bits per heavy atom. The molecule has 0 aliphatic rings. The van der Waals surface area contributed by atoms with E-state index < -0.39 is 0 Å². The summed E-state index contributed by atoms with van der Waals surface area (Å²) in [4.78, 5) is 14.7. The van der Waals surface area contributed by atoms with Crippen LogP contribution in [-0.2, 0) is 0 Å². The number of rotatable bonds is 8. The van der Waals surface area contributed by atoms with E-state index in [1.54, 1.807) is 37.6 Å². The van der Waals surface area contributed by atoms with Crippen LogP contribution in [0.5, 0.6) is 0 Å². The second kappa shape index (κ2) is 17.9. The number of hydrogen-bond donors (Lipinski definition) is 3. The van der Waals surface area contributed by atoms with Crippen molar-refractivity contribution in [2.24, 2.45) is 0 Å². The van der Waals surface area contributed by atoms with E-state index in [0.717, 1.165) is 42.4 Å². The molecule has 18 nitrogen and oxygen atoms in total. The van der Waals surface area contributed by atoms with Crippen molar-refractivity contribution < 1.29 is 15.6 Å². The number of benzene rings is 5. The molecule has 0 saturated carbocycles. The molecule has 6 heterocycles. The summed E-state index contributed by atoms with van der Waals surface area (Å²) >= 11 is 0. The minimum absolute atomic E-state index is 0. The zero-order chi connectivity index (χ0) is 41.7. The largest absolute Gasteiger partial charge is 0.410 e. The van der Waals surface area contributed by atoms with Gasteiger partial charge in [-0.3, -0.25) is 0 Å². The van der Waals surface area contributed by atoms with Crippen molar-refractivity contribution in [3.63, 3.8) is 0 Å². The molecule has 0 bridgehead atoms. The van der Waals surface area contributed by atoms with E-state index in [1.165, 1.54) is 0 Å². The lowest BCUT2D eigenvalue weighted by Gasteiger charge is -2.19. The third kappa shape index (κ3) is 8.25. The van der Waals surface area contributed by atoms with E-state index >= 15 is 0 Å². The normalized spacial score (nSPS) is 12.5. The van der Waals surface area contributed by atoms with Crippen LogP contribution in [0.4, 0.5) is 0 Å². The molecule has 3 atom stereocenters. The van der Waals surface area contributed by atoms with Gasteiger partial charge < -0.3 is 29.3 Å². The van der Waals surface area contributed by atoms with Gasteiger partial charge in [-0.05, 0) is 86.8 Å². The van der Waals surface area contributed by atoms with Crippen LogP contribution >= 0.6 is 12.4 Å². The van der Waals surface area contributed by atoms with Gasteiger partial charge in [0.25, 0.3) is 0 Å². The predicted octanol–water partition coefficient (Wildman–Crippen LogP) is 6.90. The molecule has 19 heteroatoms. The smallest absolute Gasteiger partial charge is 0.131 e. The summed E-state index contributed by atoms with van der Waals surface area (Å²) in [5.74, 6) is 0. The van der Waals surface area contributed by atoms with Crippen LogP contribution in [0.25, 0.3) is 33.1 Å². The van der Waals surface area contributed by atoms with Crippen LogP contribution in [0.2, 0.25) is 0 Å². The number of nitrogens with zero attached hydrogens (tertiary/aromatic N) is 15. The highest BCUT2D eigenvalue weighted by molar-refractivity contribution is 5.85. The minimum Gasteiger partial charge on any atom is -0.410 e. The zero-order valence-corrected chi connectivity index (χ0v) is 33.7. The van der Waals surface area contributed by atoms with Crippen LogP contribution in [0.15, 0.2) is 171 Å². The molecule has 0 saturated heterocycles. The van der Waals surface area contributed by atoms with Crippen molar-refractivity contribution >= 4 is 45.5 Å².